The van der Waals surface area contributed by atoms with Crippen LogP contribution in [0.2, 0.25) is 0 Å². The maximum absolute atomic E-state index is 14.0. The van der Waals surface area contributed by atoms with E-state index in [1.165, 1.54) is 0 Å². The van der Waals surface area contributed by atoms with Gasteiger partial charge in [0.1, 0.15) is 17.7 Å². The summed E-state index contributed by atoms with van der Waals surface area (Å²) in [5, 5.41) is 12.9. The van der Waals surface area contributed by atoms with E-state index in [4.69, 9.17) is 4.74 Å². The smallest absolute Gasteiger partial charge is 0.258 e. The number of sulfonamides is 1. The summed E-state index contributed by atoms with van der Waals surface area (Å²) in [6.45, 7) is 7.24. The molecule has 1 aromatic heterocycles. The van der Waals surface area contributed by atoms with Crippen LogP contribution in [0.5, 0.6) is 0 Å². The maximum atomic E-state index is 14.0. The van der Waals surface area contributed by atoms with Crippen LogP contribution < -0.4 is 15.5 Å². The molecule has 0 bridgehead atoms. The van der Waals surface area contributed by atoms with E-state index >= 15 is 0 Å². The molecule has 12 nitrogen and oxygen atoms in total. The average Bonchev–Trinajstić information content (AvgIpc) is 3.68. The molecular weight excluding hydrogens is 620 g/mol. The molecule has 0 saturated carbocycles. The second kappa shape index (κ2) is 12.4. The molecular formula is C31H37F2N7O5S. The number of aromatic amines is 1. The number of ether oxygens (including phenoxy) is 1. The summed E-state index contributed by atoms with van der Waals surface area (Å²) in [5.41, 5.74) is 1.63. The summed E-state index contributed by atoms with van der Waals surface area (Å²) in [7, 11) is -2.25. The number of nitrogens with one attached hydrogen (secondary N) is 3. The van der Waals surface area contributed by atoms with Crippen molar-refractivity contribution in [2.24, 2.45) is 0 Å². The Kier molecular flexibility index (Phi) is 8.61. The highest BCUT2D eigenvalue weighted by atomic mass is 32.2. The molecule has 0 aliphatic carbocycles. The highest BCUT2D eigenvalue weighted by Gasteiger charge is 2.41. The Bertz CT molecular complexity index is 1750. The van der Waals surface area contributed by atoms with Crippen molar-refractivity contribution in [1.82, 2.24) is 19.4 Å². The van der Waals surface area contributed by atoms with E-state index in [1.807, 2.05) is 6.07 Å². The number of hydrogen-bond donors (Lipinski definition) is 3. The summed E-state index contributed by atoms with van der Waals surface area (Å²) >= 11 is 0. The number of anilines is 3. The predicted octanol–water partition coefficient (Wildman–Crippen LogP) is 3.29. The Hall–Kier alpha value is -3.92. The monoisotopic (exact) mass is 657 g/mol. The lowest BCUT2D eigenvalue weighted by Gasteiger charge is -2.36. The minimum Gasteiger partial charge on any atom is -0.369 e. The van der Waals surface area contributed by atoms with Gasteiger partial charge >= 0.3 is 0 Å². The number of halogens is 2. The molecule has 1 atom stereocenters. The average molecular weight is 658 g/mol. The summed E-state index contributed by atoms with van der Waals surface area (Å²) in [4.78, 5) is 30.8. The Morgan fingerprint density at radius 1 is 1.04 bits per heavy atom. The topological polar surface area (TPSA) is 140 Å². The van der Waals surface area contributed by atoms with Crippen LogP contribution in [0.15, 0.2) is 41.3 Å². The number of hydrogen-bond acceptors (Lipinski definition) is 8. The third-order valence-electron chi connectivity index (χ3n) is 8.75. The quantitative estimate of drug-likeness (QED) is 0.352. The maximum Gasteiger partial charge on any atom is 0.258 e. The van der Waals surface area contributed by atoms with Crippen LogP contribution in [0.4, 0.5) is 26.0 Å². The Labute approximate surface area is 266 Å². The number of piperazine rings is 1. The molecule has 3 N–H and O–H groups in total. The summed E-state index contributed by atoms with van der Waals surface area (Å²) in [6.07, 6.45) is 0.750. The zero-order chi connectivity index (χ0) is 32.8. The zero-order valence-corrected chi connectivity index (χ0v) is 26.7. The fourth-order valence-electron chi connectivity index (χ4n) is 6.20. The number of nitrogens with zero attached hydrogens (tertiary/aromatic N) is 4. The van der Waals surface area contributed by atoms with Crippen LogP contribution in [0, 0.1) is 11.6 Å². The van der Waals surface area contributed by atoms with Crippen molar-refractivity contribution in [3.8, 4) is 0 Å². The minimum absolute atomic E-state index is 0.00319. The van der Waals surface area contributed by atoms with Crippen LogP contribution in [0.25, 0.3) is 0 Å². The first-order valence-corrected chi connectivity index (χ1v) is 16.6. The molecule has 0 radical (unpaired) electrons. The van der Waals surface area contributed by atoms with Gasteiger partial charge in [-0.15, -0.1) is 0 Å². The molecule has 15 heteroatoms. The van der Waals surface area contributed by atoms with E-state index in [2.05, 4.69) is 37.7 Å². The van der Waals surface area contributed by atoms with Crippen LogP contribution in [0.3, 0.4) is 0 Å². The van der Waals surface area contributed by atoms with Crippen LogP contribution in [-0.4, -0.2) is 92.1 Å². The van der Waals surface area contributed by atoms with Gasteiger partial charge < -0.3 is 25.2 Å². The van der Waals surface area contributed by atoms with Crippen molar-refractivity contribution < 1.29 is 31.5 Å². The molecule has 6 rings (SSSR count). The van der Waals surface area contributed by atoms with Gasteiger partial charge in [-0.1, -0.05) is 13.8 Å². The van der Waals surface area contributed by atoms with Gasteiger partial charge in [0.15, 0.2) is 5.82 Å². The second-order valence-electron chi connectivity index (χ2n) is 12.7. The number of fused-ring (bicyclic) bond motifs is 1. The summed E-state index contributed by atoms with van der Waals surface area (Å²) in [6, 6.07) is 7.41. The van der Waals surface area contributed by atoms with Crippen molar-refractivity contribution in [2.45, 2.75) is 49.6 Å². The van der Waals surface area contributed by atoms with Crippen molar-refractivity contribution in [3.63, 3.8) is 0 Å². The van der Waals surface area contributed by atoms with E-state index in [-0.39, 0.29) is 30.4 Å². The normalized spacial score (nSPS) is 20.4. The molecule has 0 spiro atoms. The van der Waals surface area contributed by atoms with Gasteiger partial charge in [-0.05, 0) is 50.2 Å². The first-order chi connectivity index (χ1) is 21.8. The fraction of sp³-hybridized carbons (Fsp3) is 0.452. The van der Waals surface area contributed by atoms with Gasteiger partial charge in [-0.25, -0.2) is 17.2 Å². The summed E-state index contributed by atoms with van der Waals surface area (Å²) in [5.74, 6) is -2.80. The molecule has 246 valence electrons. The van der Waals surface area contributed by atoms with Crippen LogP contribution in [-0.2, 0) is 31.5 Å². The first kappa shape index (κ1) is 32.0. The molecule has 2 amide bonds. The number of carbonyl (C=O) groups excluding carboxylic acids is 2. The molecule has 46 heavy (non-hydrogen) atoms. The number of benzene rings is 2. The Balaban J connectivity index is 1.29. The van der Waals surface area contributed by atoms with Crippen molar-refractivity contribution in [2.75, 3.05) is 61.9 Å². The van der Waals surface area contributed by atoms with E-state index in [0.29, 0.717) is 36.0 Å². The third kappa shape index (κ3) is 6.36. The van der Waals surface area contributed by atoms with E-state index in [0.717, 1.165) is 54.7 Å². The Morgan fingerprint density at radius 3 is 2.43 bits per heavy atom. The van der Waals surface area contributed by atoms with Crippen molar-refractivity contribution >= 4 is 39.0 Å². The molecule has 3 aliphatic rings. The second-order valence-corrected chi connectivity index (χ2v) is 14.6. The molecule has 2 aromatic carbocycles. The van der Waals surface area contributed by atoms with E-state index < -0.39 is 44.0 Å². The van der Waals surface area contributed by atoms with E-state index in [9.17, 15) is 26.8 Å². The predicted molar refractivity (Wildman–Crippen MR) is 167 cm³/mol. The number of amides is 2. The van der Waals surface area contributed by atoms with Crippen molar-refractivity contribution in [3.05, 3.63) is 64.9 Å². The van der Waals surface area contributed by atoms with Gasteiger partial charge in [0.05, 0.1) is 16.1 Å². The Morgan fingerprint density at radius 2 is 1.76 bits per heavy atom. The number of likely N-dealkylation sites (N-methyl/N-ethyl adjacent to an activating group) is 1. The molecule has 0 unspecified atom stereocenters. The number of rotatable bonds is 7. The largest absolute Gasteiger partial charge is 0.369 e. The first-order valence-electron chi connectivity index (χ1n) is 15.2. The lowest BCUT2D eigenvalue weighted by Crippen LogP contribution is -2.45. The van der Waals surface area contributed by atoms with Crippen molar-refractivity contribution in [1.29, 1.82) is 0 Å². The van der Waals surface area contributed by atoms with Crippen LogP contribution >= 0.6 is 0 Å². The number of carbonyl (C=O) groups is 2. The van der Waals surface area contributed by atoms with Crippen LogP contribution in [0.1, 0.15) is 48.3 Å². The molecule has 2 fully saturated rings. The highest BCUT2D eigenvalue weighted by molar-refractivity contribution is 7.89. The third-order valence-corrected chi connectivity index (χ3v) is 10.5. The standard InChI is InChI=1S/C31H37F2N7O5S/c1-31(2)18-40(46(43,44)22-14-19(32)13-20(33)15-22)17-24-27(31)36-37-28(24)35-29(41)23-7-6-21(39-10-8-38(3)9-11-39)16-25(23)34-30(42)26-5-4-12-45-26/h6-7,13-16,26H,4-5,8-12,17-18H2,1-3H3,(H,34,42)(H2,35,36,37,41)/t26-/m0/s1. The zero-order valence-electron chi connectivity index (χ0n) is 25.9. The van der Waals surface area contributed by atoms with Gasteiger partial charge in [0.25, 0.3) is 11.8 Å². The van der Waals surface area contributed by atoms with Gasteiger partial charge in [0.2, 0.25) is 10.0 Å². The minimum atomic E-state index is -4.31. The summed E-state index contributed by atoms with van der Waals surface area (Å²) < 4.78 is 61.6. The SMILES string of the molecule is CN1CCN(c2ccc(C(=O)Nc3n[nH]c4c3CN(S(=O)(=O)c3cc(F)cc(F)c3)CC4(C)C)c(NC(=O)[C@@H]3CCCO3)c2)CC1. The fourth-order valence-corrected chi connectivity index (χ4v) is 7.81. The van der Waals surface area contributed by atoms with E-state index in [1.54, 1.807) is 26.0 Å². The molecule has 2 saturated heterocycles. The van der Waals surface area contributed by atoms with Gasteiger partial charge in [-0.2, -0.15) is 9.40 Å². The molecule has 4 heterocycles. The molecule has 3 aromatic rings. The highest BCUT2D eigenvalue weighted by Crippen LogP contribution is 2.38. The number of H-pyrrole nitrogens is 1. The van der Waals surface area contributed by atoms with Gasteiger partial charge in [-0.3, -0.25) is 14.7 Å². The lowest BCUT2D eigenvalue weighted by molar-refractivity contribution is -0.124. The molecule has 3 aliphatic heterocycles. The van der Waals surface area contributed by atoms with Gasteiger partial charge in [0, 0.05) is 74.3 Å². The lowest BCUT2D eigenvalue weighted by atomic mass is 9.84. The number of aromatic nitrogens is 2.